The molecule has 0 aliphatic heterocycles. The number of pyridine rings is 1. The second-order valence-corrected chi connectivity index (χ2v) is 7.75. The lowest BCUT2D eigenvalue weighted by atomic mass is 9.88. The molecule has 30 heavy (non-hydrogen) atoms. The van der Waals surface area contributed by atoms with Gasteiger partial charge in [-0.1, -0.05) is 74.5 Å². The number of hydrogen-bond donors (Lipinski definition) is 2. The molecule has 156 valence electrons. The predicted molar refractivity (Wildman–Crippen MR) is 119 cm³/mol. The van der Waals surface area contributed by atoms with Crippen molar-refractivity contribution in [1.82, 2.24) is 10.3 Å². The van der Waals surface area contributed by atoms with Gasteiger partial charge in [-0.25, -0.2) is 0 Å². The number of benzene rings is 2. The minimum Gasteiger partial charge on any atom is -0.488 e. The fraction of sp³-hybridized carbons (Fsp3) is 0.280. The zero-order valence-electron chi connectivity index (χ0n) is 17.4. The van der Waals surface area contributed by atoms with Gasteiger partial charge in [-0.05, 0) is 17.0 Å². The van der Waals surface area contributed by atoms with Crippen molar-refractivity contribution in [3.8, 4) is 5.75 Å². The first-order valence-corrected chi connectivity index (χ1v) is 10.2. The quantitative estimate of drug-likeness (QED) is 0.560. The Hall–Kier alpha value is -3.34. The van der Waals surface area contributed by atoms with Crippen LogP contribution in [0.15, 0.2) is 77.7 Å². The van der Waals surface area contributed by atoms with Gasteiger partial charge in [-0.2, -0.15) is 0 Å². The molecule has 5 nitrogen and oxygen atoms in total. The van der Waals surface area contributed by atoms with E-state index in [2.05, 4.69) is 10.3 Å². The zero-order chi connectivity index (χ0) is 21.3. The number of carbonyl (C=O) groups is 1. The number of rotatable bonds is 9. The summed E-state index contributed by atoms with van der Waals surface area (Å²) in [5.41, 5.74) is 2.64. The molecule has 0 aliphatic carbocycles. The predicted octanol–water partition coefficient (Wildman–Crippen LogP) is 4.25. The van der Waals surface area contributed by atoms with Crippen LogP contribution in [0.25, 0.3) is 0 Å². The fourth-order valence-corrected chi connectivity index (χ4v) is 3.22. The number of aromatic nitrogens is 1. The van der Waals surface area contributed by atoms with Crippen molar-refractivity contribution in [2.45, 2.75) is 32.7 Å². The third kappa shape index (κ3) is 6.08. The second-order valence-electron chi connectivity index (χ2n) is 7.75. The van der Waals surface area contributed by atoms with Crippen molar-refractivity contribution in [3.63, 3.8) is 0 Å². The lowest BCUT2D eigenvalue weighted by molar-refractivity contribution is -0.121. The molecule has 3 rings (SSSR count). The summed E-state index contributed by atoms with van der Waals surface area (Å²) < 4.78 is 5.50. The highest BCUT2D eigenvalue weighted by molar-refractivity contribution is 5.77. The molecule has 0 atom stereocenters. The van der Waals surface area contributed by atoms with Gasteiger partial charge in [0.1, 0.15) is 0 Å². The molecule has 1 aromatic heterocycles. The van der Waals surface area contributed by atoms with Gasteiger partial charge < -0.3 is 15.0 Å². The van der Waals surface area contributed by atoms with Gasteiger partial charge in [-0.3, -0.25) is 9.59 Å². The van der Waals surface area contributed by atoms with E-state index in [4.69, 9.17) is 4.74 Å². The van der Waals surface area contributed by atoms with E-state index in [1.54, 1.807) is 6.20 Å². The summed E-state index contributed by atoms with van der Waals surface area (Å²) in [6.45, 7) is 4.79. The van der Waals surface area contributed by atoms with Crippen molar-refractivity contribution in [2.24, 2.45) is 5.92 Å². The van der Waals surface area contributed by atoms with Crippen molar-refractivity contribution in [1.29, 1.82) is 0 Å². The number of nitrogens with one attached hydrogen (secondary N) is 2. The third-order valence-corrected chi connectivity index (χ3v) is 4.78. The van der Waals surface area contributed by atoms with Crippen molar-refractivity contribution < 1.29 is 9.53 Å². The average molecular weight is 405 g/mol. The standard InChI is InChI=1S/C25H28N2O3/c1-18(2)17-30-24-16-26-21(13-23(24)28)15-27-25(29)14-22(19-9-5-3-6-10-19)20-11-7-4-8-12-20/h3-13,16,18,22H,14-15,17H2,1-2H3,(H,26,28)(H,27,29). The van der Waals surface area contributed by atoms with Crippen LogP contribution in [0.3, 0.4) is 0 Å². The van der Waals surface area contributed by atoms with Gasteiger partial charge in [0, 0.05) is 30.3 Å². The van der Waals surface area contributed by atoms with E-state index in [9.17, 15) is 9.59 Å². The van der Waals surface area contributed by atoms with E-state index >= 15 is 0 Å². The molecule has 0 unspecified atom stereocenters. The number of hydrogen-bond acceptors (Lipinski definition) is 3. The highest BCUT2D eigenvalue weighted by Crippen LogP contribution is 2.27. The Labute approximate surface area is 177 Å². The van der Waals surface area contributed by atoms with Crippen LogP contribution >= 0.6 is 0 Å². The highest BCUT2D eigenvalue weighted by atomic mass is 16.5. The first-order valence-electron chi connectivity index (χ1n) is 10.2. The van der Waals surface area contributed by atoms with E-state index in [-0.39, 0.29) is 23.8 Å². The largest absolute Gasteiger partial charge is 0.488 e. The molecule has 0 radical (unpaired) electrons. The fourth-order valence-electron chi connectivity index (χ4n) is 3.22. The third-order valence-electron chi connectivity index (χ3n) is 4.78. The van der Waals surface area contributed by atoms with Gasteiger partial charge >= 0.3 is 0 Å². The molecule has 2 aromatic carbocycles. The molecule has 0 bridgehead atoms. The first-order chi connectivity index (χ1) is 14.5. The van der Waals surface area contributed by atoms with E-state index in [1.165, 1.54) is 6.07 Å². The van der Waals surface area contributed by atoms with Crippen LogP contribution in [0.2, 0.25) is 0 Å². The maximum absolute atomic E-state index is 12.7. The number of carbonyl (C=O) groups excluding carboxylic acids is 1. The van der Waals surface area contributed by atoms with E-state index < -0.39 is 0 Å². The summed E-state index contributed by atoms with van der Waals surface area (Å²) in [5, 5.41) is 2.92. The van der Waals surface area contributed by atoms with Gasteiger partial charge in [-0.15, -0.1) is 0 Å². The highest BCUT2D eigenvalue weighted by Gasteiger charge is 2.18. The Morgan fingerprint density at radius 3 is 2.13 bits per heavy atom. The van der Waals surface area contributed by atoms with E-state index in [0.717, 1.165) is 11.1 Å². The lowest BCUT2D eigenvalue weighted by Gasteiger charge is -2.18. The Kier molecular flexibility index (Phi) is 7.44. The molecular formula is C25H28N2O3. The molecule has 0 spiro atoms. The Morgan fingerprint density at radius 1 is 1.00 bits per heavy atom. The molecule has 0 saturated carbocycles. The maximum Gasteiger partial charge on any atom is 0.223 e. The van der Waals surface area contributed by atoms with Crippen LogP contribution in [0.1, 0.15) is 43.0 Å². The lowest BCUT2D eigenvalue weighted by Crippen LogP contribution is -2.26. The molecule has 0 fully saturated rings. The molecule has 1 amide bonds. The number of H-pyrrole nitrogens is 1. The molecule has 3 aromatic rings. The Bertz CT molecular complexity index is 958. The first kappa shape index (κ1) is 21.4. The van der Waals surface area contributed by atoms with Crippen molar-refractivity contribution in [3.05, 3.63) is 100.0 Å². The molecule has 0 saturated heterocycles. The smallest absolute Gasteiger partial charge is 0.223 e. The summed E-state index contributed by atoms with van der Waals surface area (Å²) in [5.74, 6) is 0.532. The van der Waals surface area contributed by atoms with Gasteiger partial charge in [0.2, 0.25) is 11.3 Å². The normalized spacial score (nSPS) is 10.9. The number of aromatic amines is 1. The SMILES string of the molecule is CC(C)COc1c[nH]c(CNC(=O)CC(c2ccccc2)c2ccccc2)cc1=O. The van der Waals surface area contributed by atoms with E-state index in [0.29, 0.717) is 30.4 Å². The van der Waals surface area contributed by atoms with Crippen LogP contribution in [0.4, 0.5) is 0 Å². The molecular weight excluding hydrogens is 376 g/mol. The monoisotopic (exact) mass is 404 g/mol. The van der Waals surface area contributed by atoms with Crippen LogP contribution in [-0.2, 0) is 11.3 Å². The summed E-state index contributed by atoms with van der Waals surface area (Å²) in [6.07, 6.45) is 1.89. The topological polar surface area (TPSA) is 71.2 Å². The van der Waals surface area contributed by atoms with Crippen molar-refractivity contribution >= 4 is 5.91 Å². The zero-order valence-corrected chi connectivity index (χ0v) is 17.4. The van der Waals surface area contributed by atoms with Gasteiger partial charge in [0.05, 0.1) is 13.2 Å². The number of ether oxygens (including phenoxy) is 1. The average Bonchev–Trinajstić information content (AvgIpc) is 2.76. The summed E-state index contributed by atoms with van der Waals surface area (Å²) in [4.78, 5) is 27.9. The van der Waals surface area contributed by atoms with E-state index in [1.807, 2.05) is 74.5 Å². The summed E-state index contributed by atoms with van der Waals surface area (Å²) in [6, 6.07) is 21.5. The Morgan fingerprint density at radius 2 is 1.60 bits per heavy atom. The van der Waals surface area contributed by atoms with Crippen molar-refractivity contribution in [2.75, 3.05) is 6.61 Å². The van der Waals surface area contributed by atoms with Gasteiger partial charge in [0.15, 0.2) is 5.75 Å². The molecule has 0 aliphatic rings. The summed E-state index contributed by atoms with van der Waals surface area (Å²) >= 11 is 0. The maximum atomic E-state index is 12.7. The molecule has 1 heterocycles. The van der Waals surface area contributed by atoms with Crippen LogP contribution in [0.5, 0.6) is 5.75 Å². The second kappa shape index (κ2) is 10.4. The molecule has 2 N–H and O–H groups in total. The van der Waals surface area contributed by atoms with Crippen LogP contribution < -0.4 is 15.5 Å². The molecule has 5 heteroatoms. The number of amides is 1. The minimum absolute atomic E-state index is 0.0294. The van der Waals surface area contributed by atoms with Crippen LogP contribution in [0, 0.1) is 5.92 Å². The Balaban J connectivity index is 1.64. The van der Waals surface area contributed by atoms with Gasteiger partial charge in [0.25, 0.3) is 0 Å². The summed E-state index contributed by atoms with van der Waals surface area (Å²) in [7, 11) is 0. The minimum atomic E-state index is -0.190. The van der Waals surface area contributed by atoms with Crippen LogP contribution in [-0.4, -0.2) is 17.5 Å².